The van der Waals surface area contributed by atoms with Gasteiger partial charge in [0.2, 0.25) is 5.75 Å². The Kier molecular flexibility index (Phi) is 5.26. The van der Waals surface area contributed by atoms with Crippen LogP contribution in [0.5, 0.6) is 5.75 Å². The summed E-state index contributed by atoms with van der Waals surface area (Å²) >= 11 is 0. The summed E-state index contributed by atoms with van der Waals surface area (Å²) < 4.78 is 5.30. The number of hydrogen-bond acceptors (Lipinski definition) is 5. The van der Waals surface area contributed by atoms with Gasteiger partial charge in [0.25, 0.3) is 5.91 Å². The van der Waals surface area contributed by atoms with E-state index in [1.165, 1.54) is 30.1 Å². The molecule has 0 heterocycles. The van der Waals surface area contributed by atoms with Crippen molar-refractivity contribution >= 4 is 11.6 Å². The topological polar surface area (TPSA) is 92.9 Å². The van der Waals surface area contributed by atoms with Gasteiger partial charge in [-0.1, -0.05) is 6.07 Å². The summed E-state index contributed by atoms with van der Waals surface area (Å²) in [6.07, 6.45) is 0. The third-order valence-corrected chi connectivity index (χ3v) is 3.31. The molecule has 116 valence electrons. The largest absolute Gasteiger partial charge is 0.487 e. The molecular formula is C14H20N2O5. The number of benzene rings is 1. The maximum absolute atomic E-state index is 12.5. The van der Waals surface area contributed by atoms with Crippen LogP contribution in [0.1, 0.15) is 31.1 Å². The minimum atomic E-state index is -0.787. The first-order valence-corrected chi connectivity index (χ1v) is 6.55. The predicted molar refractivity (Wildman–Crippen MR) is 77.5 cm³/mol. The molecule has 0 saturated carbocycles. The van der Waals surface area contributed by atoms with Crippen molar-refractivity contribution in [2.75, 3.05) is 20.3 Å². The van der Waals surface area contributed by atoms with E-state index in [0.717, 1.165) is 0 Å². The molecule has 0 spiro atoms. The Morgan fingerprint density at radius 1 is 1.48 bits per heavy atom. The van der Waals surface area contributed by atoms with Gasteiger partial charge in [0.05, 0.1) is 29.2 Å². The van der Waals surface area contributed by atoms with Gasteiger partial charge in [-0.25, -0.2) is 0 Å². The molecule has 21 heavy (non-hydrogen) atoms. The lowest BCUT2D eigenvalue weighted by atomic mass is 10.0. The van der Waals surface area contributed by atoms with Crippen molar-refractivity contribution in [3.63, 3.8) is 0 Å². The molecule has 1 aromatic rings. The Bertz CT molecular complexity index is 542. The SMILES string of the molecule is CCOc1c(C(=O)N(C)C(C)(C)CO)cccc1[N+](=O)[O-]. The first-order valence-electron chi connectivity index (χ1n) is 6.55. The van der Waals surface area contributed by atoms with Crippen molar-refractivity contribution in [2.45, 2.75) is 26.3 Å². The molecule has 0 aromatic heterocycles. The number of carbonyl (C=O) groups is 1. The number of likely N-dealkylation sites (N-methyl/N-ethyl adjacent to an activating group) is 1. The first-order chi connectivity index (χ1) is 9.76. The highest BCUT2D eigenvalue weighted by molar-refractivity contribution is 5.98. The number of nitro benzene ring substituents is 1. The van der Waals surface area contributed by atoms with E-state index < -0.39 is 16.4 Å². The Hall–Kier alpha value is -2.15. The normalized spacial score (nSPS) is 11.1. The molecule has 1 rings (SSSR count). The van der Waals surface area contributed by atoms with Crippen LogP contribution < -0.4 is 4.74 Å². The Morgan fingerprint density at radius 2 is 2.10 bits per heavy atom. The zero-order valence-electron chi connectivity index (χ0n) is 12.6. The van der Waals surface area contributed by atoms with Crippen molar-refractivity contribution < 1.29 is 19.6 Å². The summed E-state index contributed by atoms with van der Waals surface area (Å²) in [6.45, 7) is 5.06. The van der Waals surface area contributed by atoms with Gasteiger partial charge in [-0.15, -0.1) is 0 Å². The predicted octanol–water partition coefficient (Wildman–Crippen LogP) is 1.84. The maximum atomic E-state index is 12.5. The summed E-state index contributed by atoms with van der Waals surface area (Å²) in [5.74, 6) is -0.489. The number of para-hydroxylation sites is 1. The van der Waals surface area contributed by atoms with Crippen LogP contribution >= 0.6 is 0 Å². The fraction of sp³-hybridized carbons (Fsp3) is 0.500. The molecule has 1 aromatic carbocycles. The van der Waals surface area contributed by atoms with Gasteiger partial charge < -0.3 is 14.7 Å². The van der Waals surface area contributed by atoms with E-state index in [0.29, 0.717) is 0 Å². The van der Waals surface area contributed by atoms with Crippen LogP contribution in [0, 0.1) is 10.1 Å². The van der Waals surface area contributed by atoms with Crippen LogP contribution in [0.15, 0.2) is 18.2 Å². The molecule has 1 N–H and O–H groups in total. The van der Waals surface area contributed by atoms with Crippen LogP contribution in [0.25, 0.3) is 0 Å². The number of ether oxygens (including phenoxy) is 1. The number of carbonyl (C=O) groups excluding carboxylic acids is 1. The van der Waals surface area contributed by atoms with Crippen LogP contribution in [0.3, 0.4) is 0 Å². The van der Waals surface area contributed by atoms with E-state index in [2.05, 4.69) is 0 Å². The number of rotatable bonds is 6. The second-order valence-corrected chi connectivity index (χ2v) is 5.18. The van der Waals surface area contributed by atoms with Gasteiger partial charge in [0.1, 0.15) is 0 Å². The lowest BCUT2D eigenvalue weighted by Gasteiger charge is -2.34. The average molecular weight is 296 g/mol. The Balaban J connectivity index is 3.32. The molecule has 0 atom stereocenters. The fourth-order valence-corrected chi connectivity index (χ4v) is 1.69. The standard InChI is InChI=1S/C14H20N2O5/c1-5-21-12-10(7-6-8-11(12)16(19)20)13(18)15(4)14(2,3)9-17/h6-8,17H,5,9H2,1-4H3. The van der Waals surface area contributed by atoms with Crippen molar-refractivity contribution in [3.05, 3.63) is 33.9 Å². The average Bonchev–Trinajstić information content (AvgIpc) is 2.46. The number of nitro groups is 1. The molecule has 0 aliphatic carbocycles. The Labute approximate surface area is 123 Å². The highest BCUT2D eigenvalue weighted by Crippen LogP contribution is 2.32. The number of aliphatic hydroxyl groups is 1. The van der Waals surface area contributed by atoms with E-state index in [-0.39, 0.29) is 30.2 Å². The molecule has 7 nitrogen and oxygen atoms in total. The molecule has 0 radical (unpaired) electrons. The molecular weight excluding hydrogens is 276 g/mol. The van der Waals surface area contributed by atoms with Crippen molar-refractivity contribution in [2.24, 2.45) is 0 Å². The van der Waals surface area contributed by atoms with E-state index in [9.17, 15) is 20.0 Å². The zero-order valence-corrected chi connectivity index (χ0v) is 12.6. The minimum Gasteiger partial charge on any atom is -0.487 e. The summed E-state index contributed by atoms with van der Waals surface area (Å²) in [6, 6.07) is 4.21. The van der Waals surface area contributed by atoms with Gasteiger partial charge in [0, 0.05) is 13.1 Å². The van der Waals surface area contributed by atoms with E-state index >= 15 is 0 Å². The van der Waals surface area contributed by atoms with Gasteiger partial charge in [-0.05, 0) is 26.8 Å². The van der Waals surface area contributed by atoms with Gasteiger partial charge in [-0.3, -0.25) is 14.9 Å². The van der Waals surface area contributed by atoms with E-state index in [4.69, 9.17) is 4.74 Å². The Morgan fingerprint density at radius 3 is 2.57 bits per heavy atom. The summed E-state index contributed by atoms with van der Waals surface area (Å²) in [5.41, 5.74) is -0.932. The quantitative estimate of drug-likeness (QED) is 0.638. The third kappa shape index (κ3) is 3.49. The lowest BCUT2D eigenvalue weighted by Crippen LogP contribution is -2.47. The second kappa shape index (κ2) is 6.53. The van der Waals surface area contributed by atoms with Crippen LogP contribution in [0.2, 0.25) is 0 Å². The van der Waals surface area contributed by atoms with Gasteiger partial charge >= 0.3 is 5.69 Å². The minimum absolute atomic E-state index is 0.0458. The van der Waals surface area contributed by atoms with E-state index in [1.54, 1.807) is 20.8 Å². The van der Waals surface area contributed by atoms with Gasteiger partial charge in [0.15, 0.2) is 0 Å². The van der Waals surface area contributed by atoms with Crippen molar-refractivity contribution in [3.8, 4) is 5.75 Å². The lowest BCUT2D eigenvalue weighted by molar-refractivity contribution is -0.385. The van der Waals surface area contributed by atoms with Crippen LogP contribution in [-0.2, 0) is 0 Å². The fourth-order valence-electron chi connectivity index (χ4n) is 1.69. The van der Waals surface area contributed by atoms with Crippen molar-refractivity contribution in [1.82, 2.24) is 4.90 Å². The molecule has 0 bridgehead atoms. The van der Waals surface area contributed by atoms with E-state index in [1.807, 2.05) is 0 Å². The van der Waals surface area contributed by atoms with Crippen molar-refractivity contribution in [1.29, 1.82) is 0 Å². The highest BCUT2D eigenvalue weighted by Gasteiger charge is 2.31. The van der Waals surface area contributed by atoms with Gasteiger partial charge in [-0.2, -0.15) is 0 Å². The maximum Gasteiger partial charge on any atom is 0.311 e. The number of amides is 1. The third-order valence-electron chi connectivity index (χ3n) is 3.31. The zero-order chi connectivity index (χ0) is 16.2. The monoisotopic (exact) mass is 296 g/mol. The number of aliphatic hydroxyl groups excluding tert-OH is 1. The number of hydrogen-bond donors (Lipinski definition) is 1. The summed E-state index contributed by atoms with van der Waals surface area (Å²) in [4.78, 5) is 24.3. The number of nitrogens with zero attached hydrogens (tertiary/aromatic N) is 2. The van der Waals surface area contributed by atoms with Crippen LogP contribution in [-0.4, -0.2) is 46.6 Å². The molecule has 0 aliphatic heterocycles. The molecule has 1 amide bonds. The summed E-state index contributed by atoms with van der Waals surface area (Å²) in [5, 5.41) is 20.4. The molecule has 0 aliphatic rings. The first kappa shape index (κ1) is 16.9. The molecule has 0 saturated heterocycles. The second-order valence-electron chi connectivity index (χ2n) is 5.18. The summed E-state index contributed by atoms with van der Waals surface area (Å²) in [7, 11) is 1.53. The molecule has 7 heteroatoms. The highest BCUT2D eigenvalue weighted by atomic mass is 16.6. The molecule has 0 fully saturated rings. The smallest absolute Gasteiger partial charge is 0.311 e. The molecule has 0 unspecified atom stereocenters. The van der Waals surface area contributed by atoms with Crippen LogP contribution in [0.4, 0.5) is 5.69 Å².